The Kier molecular flexibility index (Phi) is 5.14. The van der Waals surface area contributed by atoms with Gasteiger partial charge in [-0.1, -0.05) is 18.2 Å². The molecule has 0 radical (unpaired) electrons. The first-order chi connectivity index (χ1) is 10.1. The van der Waals surface area contributed by atoms with Crippen LogP contribution < -0.4 is 15.2 Å². The molecule has 0 fully saturated rings. The van der Waals surface area contributed by atoms with Crippen LogP contribution >= 0.6 is 0 Å². The maximum atomic E-state index is 12.8. The quantitative estimate of drug-likeness (QED) is 0.858. The first kappa shape index (κ1) is 15.3. The van der Waals surface area contributed by atoms with E-state index in [0.717, 1.165) is 11.1 Å². The zero-order chi connectivity index (χ0) is 15.2. The third-order valence-corrected chi connectivity index (χ3v) is 3.12. The molecule has 21 heavy (non-hydrogen) atoms. The lowest BCUT2D eigenvalue weighted by molar-refractivity contribution is 0.266. The minimum Gasteiger partial charge on any atom is -0.493 e. The van der Waals surface area contributed by atoms with Crippen molar-refractivity contribution in [2.75, 3.05) is 13.7 Å². The van der Waals surface area contributed by atoms with Gasteiger partial charge < -0.3 is 20.3 Å². The molecule has 0 aliphatic carbocycles. The Labute approximate surface area is 122 Å². The van der Waals surface area contributed by atoms with Gasteiger partial charge in [-0.25, -0.2) is 4.39 Å². The van der Waals surface area contributed by atoms with Crippen LogP contribution in [0.2, 0.25) is 0 Å². The lowest BCUT2D eigenvalue weighted by Gasteiger charge is -2.14. The number of ether oxygens (including phenoxy) is 2. The normalized spacial score (nSPS) is 12.0. The molecule has 0 unspecified atom stereocenters. The summed E-state index contributed by atoms with van der Waals surface area (Å²) in [4.78, 5) is 0. The molecule has 112 valence electrons. The fourth-order valence-electron chi connectivity index (χ4n) is 1.88. The van der Waals surface area contributed by atoms with E-state index in [0.29, 0.717) is 18.1 Å². The van der Waals surface area contributed by atoms with E-state index in [-0.39, 0.29) is 12.4 Å². The highest BCUT2D eigenvalue weighted by molar-refractivity contribution is 5.44. The van der Waals surface area contributed by atoms with E-state index in [2.05, 4.69) is 0 Å². The van der Waals surface area contributed by atoms with E-state index in [1.165, 1.54) is 19.2 Å². The summed E-state index contributed by atoms with van der Waals surface area (Å²) >= 11 is 0. The van der Waals surface area contributed by atoms with Crippen molar-refractivity contribution in [3.63, 3.8) is 0 Å². The molecule has 0 aliphatic heterocycles. The second kappa shape index (κ2) is 7.06. The van der Waals surface area contributed by atoms with Crippen molar-refractivity contribution in [3.05, 3.63) is 59.4 Å². The summed E-state index contributed by atoms with van der Waals surface area (Å²) in [5.74, 6) is 0.827. The summed E-state index contributed by atoms with van der Waals surface area (Å²) < 4.78 is 23.8. The van der Waals surface area contributed by atoms with Gasteiger partial charge in [-0.3, -0.25) is 0 Å². The van der Waals surface area contributed by atoms with E-state index >= 15 is 0 Å². The second-order valence-electron chi connectivity index (χ2n) is 4.61. The molecule has 5 heteroatoms. The van der Waals surface area contributed by atoms with Gasteiger partial charge in [-0.05, 0) is 35.4 Å². The Morgan fingerprint density at radius 1 is 1.14 bits per heavy atom. The van der Waals surface area contributed by atoms with Gasteiger partial charge in [0.2, 0.25) is 0 Å². The highest BCUT2D eigenvalue weighted by Gasteiger charge is 2.10. The molecule has 1 atom stereocenters. The lowest BCUT2D eigenvalue weighted by atomic mass is 10.1. The summed E-state index contributed by atoms with van der Waals surface area (Å²) in [6.07, 6.45) is 0. The van der Waals surface area contributed by atoms with Crippen LogP contribution in [0, 0.1) is 5.82 Å². The van der Waals surface area contributed by atoms with Gasteiger partial charge in [-0.15, -0.1) is 0 Å². The standard InChI is InChI=1S/C16H18FNO3/c1-20-16-8-12(14(18)9-19)4-7-15(16)21-10-11-2-5-13(17)6-3-11/h2-8,14,19H,9-10,18H2,1H3/t14-/m1/s1. The number of hydrogen-bond donors (Lipinski definition) is 2. The largest absolute Gasteiger partial charge is 0.493 e. The van der Waals surface area contributed by atoms with Crippen molar-refractivity contribution in [1.29, 1.82) is 0 Å². The van der Waals surface area contributed by atoms with Crippen LogP contribution in [0.4, 0.5) is 4.39 Å². The molecule has 0 spiro atoms. The molecule has 3 N–H and O–H groups in total. The van der Waals surface area contributed by atoms with Crippen molar-refractivity contribution in [2.45, 2.75) is 12.6 Å². The third kappa shape index (κ3) is 3.93. The number of rotatable bonds is 6. The number of methoxy groups -OCH3 is 1. The monoisotopic (exact) mass is 291 g/mol. The molecule has 0 bridgehead atoms. The fraction of sp³-hybridized carbons (Fsp3) is 0.250. The Balaban J connectivity index is 2.10. The summed E-state index contributed by atoms with van der Waals surface area (Å²) in [5, 5.41) is 9.07. The van der Waals surface area contributed by atoms with Crippen LogP contribution in [-0.2, 0) is 6.61 Å². The van der Waals surface area contributed by atoms with E-state index in [4.69, 9.17) is 20.3 Å². The highest BCUT2D eigenvalue weighted by Crippen LogP contribution is 2.30. The van der Waals surface area contributed by atoms with Crippen LogP contribution in [0.25, 0.3) is 0 Å². The first-order valence-corrected chi connectivity index (χ1v) is 6.55. The van der Waals surface area contributed by atoms with Gasteiger partial charge in [0.05, 0.1) is 19.8 Å². The second-order valence-corrected chi connectivity index (χ2v) is 4.61. The first-order valence-electron chi connectivity index (χ1n) is 6.55. The summed E-state index contributed by atoms with van der Waals surface area (Å²) in [6.45, 7) is 0.168. The van der Waals surface area contributed by atoms with Gasteiger partial charge in [-0.2, -0.15) is 0 Å². The number of nitrogens with two attached hydrogens (primary N) is 1. The van der Waals surface area contributed by atoms with E-state index in [1.54, 1.807) is 30.3 Å². The zero-order valence-electron chi connectivity index (χ0n) is 11.8. The van der Waals surface area contributed by atoms with Gasteiger partial charge >= 0.3 is 0 Å². The van der Waals surface area contributed by atoms with Gasteiger partial charge in [0.15, 0.2) is 11.5 Å². The van der Waals surface area contributed by atoms with Crippen molar-refractivity contribution >= 4 is 0 Å². The zero-order valence-corrected chi connectivity index (χ0v) is 11.8. The molecule has 0 saturated heterocycles. The van der Waals surface area contributed by atoms with E-state index in [1.807, 2.05) is 0 Å². The van der Waals surface area contributed by atoms with Gasteiger partial charge in [0.1, 0.15) is 12.4 Å². The van der Waals surface area contributed by atoms with Crippen molar-refractivity contribution in [3.8, 4) is 11.5 Å². The molecule has 0 saturated carbocycles. The van der Waals surface area contributed by atoms with E-state index < -0.39 is 6.04 Å². The van der Waals surface area contributed by atoms with Crippen LogP contribution in [-0.4, -0.2) is 18.8 Å². The highest BCUT2D eigenvalue weighted by atomic mass is 19.1. The molecule has 0 heterocycles. The molecule has 0 amide bonds. The maximum absolute atomic E-state index is 12.8. The van der Waals surface area contributed by atoms with Crippen LogP contribution in [0.1, 0.15) is 17.2 Å². The van der Waals surface area contributed by atoms with Crippen molar-refractivity contribution < 1.29 is 19.0 Å². The summed E-state index contributed by atoms with van der Waals surface area (Å²) in [7, 11) is 1.54. The molecule has 2 aromatic rings. The average Bonchev–Trinajstić information content (AvgIpc) is 2.53. The molecule has 0 aromatic heterocycles. The van der Waals surface area contributed by atoms with Gasteiger partial charge in [0.25, 0.3) is 0 Å². The molecule has 4 nitrogen and oxygen atoms in total. The van der Waals surface area contributed by atoms with Crippen molar-refractivity contribution in [2.24, 2.45) is 5.73 Å². The average molecular weight is 291 g/mol. The Morgan fingerprint density at radius 3 is 2.48 bits per heavy atom. The van der Waals surface area contributed by atoms with Crippen LogP contribution in [0.15, 0.2) is 42.5 Å². The predicted octanol–water partition coefficient (Wildman–Crippen LogP) is 2.41. The number of benzene rings is 2. The van der Waals surface area contributed by atoms with Crippen LogP contribution in [0.5, 0.6) is 11.5 Å². The number of aliphatic hydroxyl groups is 1. The molecule has 2 rings (SSSR count). The minimum absolute atomic E-state index is 0.140. The molecular formula is C16H18FNO3. The Bertz CT molecular complexity index is 587. The predicted molar refractivity (Wildman–Crippen MR) is 77.7 cm³/mol. The number of aliphatic hydroxyl groups excluding tert-OH is 1. The smallest absolute Gasteiger partial charge is 0.161 e. The van der Waals surface area contributed by atoms with E-state index in [9.17, 15) is 4.39 Å². The third-order valence-electron chi connectivity index (χ3n) is 3.12. The number of hydrogen-bond acceptors (Lipinski definition) is 4. The molecule has 0 aliphatic rings. The number of halogens is 1. The van der Waals surface area contributed by atoms with Crippen molar-refractivity contribution in [1.82, 2.24) is 0 Å². The molecule has 2 aromatic carbocycles. The Morgan fingerprint density at radius 2 is 1.86 bits per heavy atom. The Hall–Kier alpha value is -2.11. The topological polar surface area (TPSA) is 64.7 Å². The maximum Gasteiger partial charge on any atom is 0.161 e. The van der Waals surface area contributed by atoms with Gasteiger partial charge in [0, 0.05) is 0 Å². The SMILES string of the molecule is COc1cc([C@H](N)CO)ccc1OCc1ccc(F)cc1. The lowest BCUT2D eigenvalue weighted by Crippen LogP contribution is -2.14. The summed E-state index contributed by atoms with van der Waals surface area (Å²) in [5.41, 5.74) is 7.39. The summed E-state index contributed by atoms with van der Waals surface area (Å²) in [6, 6.07) is 10.9. The fourth-order valence-corrected chi connectivity index (χ4v) is 1.88. The molecular weight excluding hydrogens is 273 g/mol. The van der Waals surface area contributed by atoms with Crippen LogP contribution in [0.3, 0.4) is 0 Å². The minimum atomic E-state index is -0.454.